The Kier molecular flexibility index (Phi) is 7.10. The molecule has 0 spiro atoms. The summed E-state index contributed by atoms with van der Waals surface area (Å²) in [5.74, 6) is 2.34. The van der Waals surface area contributed by atoms with Crippen molar-refractivity contribution in [2.45, 2.75) is 46.2 Å². The van der Waals surface area contributed by atoms with Gasteiger partial charge in [0, 0.05) is 29.5 Å². The molecular weight excluding hydrogens is 488 g/mol. The number of likely N-dealkylation sites (tertiary alicyclic amines) is 1. The third kappa shape index (κ3) is 4.10. The minimum Gasteiger partial charge on any atom is -0.497 e. The molecule has 204 valence electrons. The van der Waals surface area contributed by atoms with E-state index in [1.54, 1.807) is 12.0 Å². The summed E-state index contributed by atoms with van der Waals surface area (Å²) in [4.78, 5) is 6.35. The quantitative estimate of drug-likeness (QED) is 0.175. The number of nitrogens with zero attached hydrogens (tertiary/aromatic N) is 1. The monoisotopic (exact) mass is 529 g/mol. The van der Waals surface area contributed by atoms with Gasteiger partial charge in [-0.05, 0) is 63.4 Å². The van der Waals surface area contributed by atoms with Gasteiger partial charge in [-0.1, -0.05) is 81.8 Å². The maximum Gasteiger partial charge on any atom is 0.119 e. The van der Waals surface area contributed by atoms with E-state index in [-0.39, 0.29) is 5.41 Å². The summed E-state index contributed by atoms with van der Waals surface area (Å²) in [7, 11) is 1.74. The van der Waals surface area contributed by atoms with Crippen LogP contribution < -0.4 is 9.64 Å². The second kappa shape index (κ2) is 10.7. The summed E-state index contributed by atoms with van der Waals surface area (Å²) >= 11 is 0. The standard InChI is InChI=1S/C35H34N2O.C2H6/c1-4-31-32-22-37(21-30-27-12-8-6-10-23(27)18-24-11-7-9-13-28(24)30)34(35(31,32)5-2)19-25-16-17-36-33-15-14-26(38-3)20-29(25)33;1-2/h5-18,20,31-32,34H,2,4,19,21-22H2,1,3H3;1-2H3/p+1. The molecule has 0 radical (unpaired) electrons. The number of hydrogen-bond donors (Lipinski definition) is 1. The summed E-state index contributed by atoms with van der Waals surface area (Å²) in [5, 5.41) is 6.64. The Morgan fingerprint density at radius 3 is 2.30 bits per heavy atom. The minimum atomic E-state index is 0.207. The first-order valence-electron chi connectivity index (χ1n) is 15.0. The maximum atomic E-state index is 5.58. The molecule has 2 heterocycles. The van der Waals surface area contributed by atoms with Gasteiger partial charge in [0.2, 0.25) is 0 Å². The summed E-state index contributed by atoms with van der Waals surface area (Å²) in [6.45, 7) is 13.0. The zero-order valence-electron chi connectivity index (χ0n) is 24.3. The largest absolute Gasteiger partial charge is 0.497 e. The fraction of sp³-hybridized carbons (Fsp3) is 0.324. The van der Waals surface area contributed by atoms with Crippen molar-refractivity contribution in [2.75, 3.05) is 13.7 Å². The third-order valence-electron chi connectivity index (χ3n) is 9.78. The number of aromatic nitrogens is 1. The minimum absolute atomic E-state index is 0.207. The normalized spacial score (nSPS) is 24.9. The van der Waals surface area contributed by atoms with Crippen LogP contribution in [0.3, 0.4) is 0 Å². The Balaban J connectivity index is 0.00000142. The number of methoxy groups -OCH3 is 1. The number of benzene rings is 4. The van der Waals surface area contributed by atoms with Crippen LogP contribution in [0.2, 0.25) is 0 Å². The number of hydrogen-bond acceptors (Lipinski definition) is 2. The Morgan fingerprint density at radius 1 is 0.950 bits per heavy atom. The lowest BCUT2D eigenvalue weighted by Gasteiger charge is -2.31. The second-order valence-electron chi connectivity index (χ2n) is 11.3. The molecule has 2 fully saturated rings. The van der Waals surface area contributed by atoms with Crippen molar-refractivity contribution in [3.63, 3.8) is 0 Å². The average molecular weight is 530 g/mol. The lowest BCUT2D eigenvalue weighted by Crippen LogP contribution is -3.14. The van der Waals surface area contributed by atoms with Gasteiger partial charge in [-0.15, -0.1) is 6.58 Å². The summed E-state index contributed by atoms with van der Waals surface area (Å²) < 4.78 is 5.58. The van der Waals surface area contributed by atoms with Crippen LogP contribution in [0.5, 0.6) is 5.75 Å². The van der Waals surface area contributed by atoms with Gasteiger partial charge >= 0.3 is 0 Å². The number of fused-ring (bicyclic) bond motifs is 4. The Labute approximate surface area is 238 Å². The lowest BCUT2D eigenvalue weighted by atomic mass is 9.86. The second-order valence-corrected chi connectivity index (χ2v) is 11.3. The van der Waals surface area contributed by atoms with Gasteiger partial charge in [0.25, 0.3) is 0 Å². The van der Waals surface area contributed by atoms with E-state index in [4.69, 9.17) is 4.74 Å². The van der Waals surface area contributed by atoms with Crippen molar-refractivity contribution >= 4 is 32.4 Å². The molecule has 1 saturated carbocycles. The van der Waals surface area contributed by atoms with Crippen LogP contribution in [0, 0.1) is 17.3 Å². The smallest absolute Gasteiger partial charge is 0.119 e. The molecule has 40 heavy (non-hydrogen) atoms. The lowest BCUT2D eigenvalue weighted by molar-refractivity contribution is -0.933. The van der Waals surface area contributed by atoms with E-state index in [1.165, 1.54) is 51.0 Å². The third-order valence-corrected chi connectivity index (χ3v) is 9.78. The number of nitrogens with one attached hydrogen (secondary N) is 1. The molecule has 7 rings (SSSR count). The molecule has 1 aromatic heterocycles. The Hall–Kier alpha value is -3.69. The molecule has 1 aliphatic carbocycles. The predicted octanol–water partition coefficient (Wildman–Crippen LogP) is 7.41. The van der Waals surface area contributed by atoms with Crippen molar-refractivity contribution in [2.24, 2.45) is 17.3 Å². The molecule has 1 N–H and O–H groups in total. The first-order chi connectivity index (χ1) is 19.7. The van der Waals surface area contributed by atoms with Crippen LogP contribution in [0.1, 0.15) is 38.3 Å². The number of pyridine rings is 1. The van der Waals surface area contributed by atoms with Crippen LogP contribution in [-0.2, 0) is 13.0 Å². The highest BCUT2D eigenvalue weighted by Gasteiger charge is 2.74. The summed E-state index contributed by atoms with van der Waals surface area (Å²) in [5.41, 5.74) is 4.09. The molecule has 5 aromatic rings. The molecule has 0 amide bonds. The Morgan fingerprint density at radius 2 is 1.65 bits per heavy atom. The van der Waals surface area contributed by atoms with E-state index in [1.807, 2.05) is 26.1 Å². The van der Waals surface area contributed by atoms with Crippen LogP contribution in [0.15, 0.2) is 97.7 Å². The number of quaternary nitrogens is 1. The van der Waals surface area contributed by atoms with Gasteiger partial charge in [-0.3, -0.25) is 4.98 Å². The van der Waals surface area contributed by atoms with E-state index < -0.39 is 0 Å². The van der Waals surface area contributed by atoms with Gasteiger partial charge in [-0.2, -0.15) is 0 Å². The summed E-state index contributed by atoms with van der Waals surface area (Å²) in [6, 6.07) is 29.1. The van der Waals surface area contributed by atoms with E-state index in [9.17, 15) is 0 Å². The van der Waals surface area contributed by atoms with Crippen molar-refractivity contribution in [1.82, 2.24) is 4.98 Å². The maximum absolute atomic E-state index is 5.58. The number of ether oxygens (including phenoxy) is 1. The van der Waals surface area contributed by atoms with Gasteiger partial charge in [0.15, 0.2) is 0 Å². The SMILES string of the molecule is C=CC12C(CC)C1C[NH+](Cc1c3ccccc3cc3ccccc13)C2Cc1ccnc2ccc(OC)cc12.CC. The number of rotatable bonds is 7. The molecule has 0 bridgehead atoms. The highest BCUT2D eigenvalue weighted by atomic mass is 16.5. The molecule has 3 nitrogen and oxygen atoms in total. The van der Waals surface area contributed by atoms with Crippen LogP contribution in [0.25, 0.3) is 32.4 Å². The summed E-state index contributed by atoms with van der Waals surface area (Å²) in [6.07, 6.45) is 6.54. The molecular formula is C37H41N2O+. The predicted molar refractivity (Wildman–Crippen MR) is 168 cm³/mol. The van der Waals surface area contributed by atoms with E-state index >= 15 is 0 Å². The van der Waals surface area contributed by atoms with Gasteiger partial charge in [0.1, 0.15) is 18.3 Å². The van der Waals surface area contributed by atoms with E-state index in [0.717, 1.165) is 30.1 Å². The van der Waals surface area contributed by atoms with Gasteiger partial charge in [-0.25, -0.2) is 0 Å². The molecule has 1 aliphatic heterocycles. The van der Waals surface area contributed by atoms with Crippen LogP contribution >= 0.6 is 0 Å². The molecule has 1 saturated heterocycles. The van der Waals surface area contributed by atoms with Gasteiger partial charge in [0.05, 0.1) is 24.6 Å². The van der Waals surface area contributed by atoms with E-state index in [0.29, 0.717) is 12.0 Å². The molecule has 3 heteroatoms. The zero-order valence-corrected chi connectivity index (χ0v) is 24.3. The van der Waals surface area contributed by atoms with Crippen LogP contribution in [-0.4, -0.2) is 24.7 Å². The highest BCUT2D eigenvalue weighted by Crippen LogP contribution is 2.65. The highest BCUT2D eigenvalue weighted by molar-refractivity contribution is 6.02. The fourth-order valence-electron chi connectivity index (χ4n) is 8.03. The molecule has 4 aromatic carbocycles. The van der Waals surface area contributed by atoms with Crippen molar-refractivity contribution < 1.29 is 9.64 Å². The van der Waals surface area contributed by atoms with Gasteiger partial charge < -0.3 is 9.64 Å². The number of piperidine rings is 1. The topological polar surface area (TPSA) is 26.6 Å². The van der Waals surface area contributed by atoms with Crippen molar-refractivity contribution in [3.8, 4) is 5.75 Å². The first kappa shape index (κ1) is 26.5. The Bertz CT molecular complexity index is 1640. The first-order valence-corrected chi connectivity index (χ1v) is 15.0. The zero-order chi connectivity index (χ0) is 27.9. The fourth-order valence-corrected chi connectivity index (χ4v) is 8.03. The molecule has 2 aliphatic rings. The average Bonchev–Trinajstić information content (AvgIpc) is 3.54. The van der Waals surface area contributed by atoms with Crippen molar-refractivity contribution in [1.29, 1.82) is 0 Å². The molecule has 5 atom stereocenters. The van der Waals surface area contributed by atoms with E-state index in [2.05, 4.69) is 97.4 Å². The molecule has 5 unspecified atom stereocenters. The van der Waals surface area contributed by atoms with Crippen LogP contribution in [0.4, 0.5) is 0 Å². The van der Waals surface area contributed by atoms with Crippen molar-refractivity contribution in [3.05, 3.63) is 109 Å².